The first-order valence-corrected chi connectivity index (χ1v) is 8.24. The van der Waals surface area contributed by atoms with Crippen LogP contribution in [-0.4, -0.2) is 49.1 Å². The third-order valence-corrected chi connectivity index (χ3v) is 5.45. The van der Waals surface area contributed by atoms with E-state index in [0.717, 1.165) is 19.5 Å². The maximum Gasteiger partial charge on any atom is 0.348 e. The van der Waals surface area contributed by atoms with E-state index in [-0.39, 0.29) is 11.9 Å². The molecule has 2 atom stereocenters. The predicted molar refractivity (Wildman–Crippen MR) is 80.7 cm³/mol. The molecule has 2 saturated heterocycles. The zero-order chi connectivity index (χ0) is 14.8. The number of nitrogens with zero attached hydrogens (tertiary/aromatic N) is 1. The summed E-state index contributed by atoms with van der Waals surface area (Å²) in [5.41, 5.74) is 0. The molecule has 2 aliphatic rings. The van der Waals surface area contributed by atoms with Crippen molar-refractivity contribution in [2.75, 3.05) is 20.2 Å². The van der Waals surface area contributed by atoms with Gasteiger partial charge in [0, 0.05) is 18.6 Å². The lowest BCUT2D eigenvalue weighted by molar-refractivity contribution is 0.0606. The van der Waals surface area contributed by atoms with Gasteiger partial charge in [0.05, 0.1) is 12.0 Å². The molecule has 3 rings (SSSR count). The molecule has 1 aromatic rings. The van der Waals surface area contributed by atoms with E-state index in [4.69, 9.17) is 0 Å². The van der Waals surface area contributed by atoms with Crippen LogP contribution in [0.15, 0.2) is 12.1 Å². The van der Waals surface area contributed by atoms with Crippen molar-refractivity contribution >= 4 is 23.2 Å². The molecule has 0 unspecified atom stereocenters. The zero-order valence-corrected chi connectivity index (χ0v) is 12.9. The van der Waals surface area contributed by atoms with Gasteiger partial charge >= 0.3 is 5.97 Å². The summed E-state index contributed by atoms with van der Waals surface area (Å²) in [5, 5.41) is 3.14. The van der Waals surface area contributed by atoms with Gasteiger partial charge in [0.1, 0.15) is 4.88 Å². The zero-order valence-electron chi connectivity index (χ0n) is 12.1. The summed E-state index contributed by atoms with van der Waals surface area (Å²) in [7, 11) is 1.35. The Morgan fingerprint density at radius 1 is 1.24 bits per heavy atom. The van der Waals surface area contributed by atoms with Gasteiger partial charge in [0.2, 0.25) is 0 Å². The molecule has 21 heavy (non-hydrogen) atoms. The lowest BCUT2D eigenvalue weighted by Crippen LogP contribution is -2.46. The van der Waals surface area contributed by atoms with Gasteiger partial charge in [-0.1, -0.05) is 6.42 Å². The number of carbonyl (C=O) groups is 2. The number of thiophene rings is 1. The number of esters is 1. The summed E-state index contributed by atoms with van der Waals surface area (Å²) in [6.07, 6.45) is 4.71. The number of fused-ring (bicyclic) bond motifs is 1. The standard InChI is InChI=1S/C15H20N2O3S/c1-20-15(19)13-6-5-12(21-13)14(18)16-10-7-9-17-8-3-2-4-11(10)17/h5-6,10-11H,2-4,7-9H2,1H3,(H,16,18)/t10-,11+/m0/s1. The minimum Gasteiger partial charge on any atom is -0.465 e. The first-order chi connectivity index (χ1) is 10.2. The number of amides is 1. The number of carbonyl (C=O) groups excluding carboxylic acids is 2. The fourth-order valence-electron chi connectivity index (χ4n) is 3.33. The SMILES string of the molecule is COC(=O)c1ccc(C(=O)N[C@H]2CCN3CCCC[C@H]23)s1. The topological polar surface area (TPSA) is 58.6 Å². The van der Waals surface area contributed by atoms with Gasteiger partial charge < -0.3 is 10.1 Å². The highest BCUT2D eigenvalue weighted by Crippen LogP contribution is 2.27. The van der Waals surface area contributed by atoms with Crippen molar-refractivity contribution < 1.29 is 14.3 Å². The Morgan fingerprint density at radius 3 is 2.86 bits per heavy atom. The lowest BCUT2D eigenvalue weighted by atomic mass is 9.99. The molecular weight excluding hydrogens is 288 g/mol. The maximum atomic E-state index is 12.3. The van der Waals surface area contributed by atoms with Crippen molar-refractivity contribution in [3.8, 4) is 0 Å². The Morgan fingerprint density at radius 2 is 2.05 bits per heavy atom. The number of hydrogen-bond acceptors (Lipinski definition) is 5. The van der Waals surface area contributed by atoms with Gasteiger partial charge in [-0.05, 0) is 37.9 Å². The van der Waals surface area contributed by atoms with Crippen molar-refractivity contribution in [2.24, 2.45) is 0 Å². The van der Waals surface area contributed by atoms with Crippen molar-refractivity contribution in [1.82, 2.24) is 10.2 Å². The molecule has 1 N–H and O–H groups in total. The van der Waals surface area contributed by atoms with Gasteiger partial charge in [0.25, 0.3) is 5.91 Å². The average molecular weight is 308 g/mol. The number of methoxy groups -OCH3 is 1. The Labute approximate surface area is 128 Å². The molecule has 114 valence electrons. The predicted octanol–water partition coefficient (Wildman–Crippen LogP) is 1.89. The second-order valence-corrected chi connectivity index (χ2v) is 6.71. The second kappa shape index (κ2) is 6.15. The van der Waals surface area contributed by atoms with Crippen molar-refractivity contribution in [3.63, 3.8) is 0 Å². The van der Waals surface area contributed by atoms with Crippen LogP contribution in [0.3, 0.4) is 0 Å². The van der Waals surface area contributed by atoms with Crippen LogP contribution >= 0.6 is 11.3 Å². The largest absolute Gasteiger partial charge is 0.465 e. The number of nitrogens with one attached hydrogen (secondary N) is 1. The minimum atomic E-state index is -0.390. The van der Waals surface area contributed by atoms with E-state index < -0.39 is 5.97 Å². The fraction of sp³-hybridized carbons (Fsp3) is 0.600. The molecule has 0 aromatic carbocycles. The molecule has 0 radical (unpaired) electrons. The lowest BCUT2D eigenvalue weighted by Gasteiger charge is -2.32. The summed E-state index contributed by atoms with van der Waals surface area (Å²) in [4.78, 5) is 27.3. The molecule has 0 saturated carbocycles. The molecule has 2 fully saturated rings. The van der Waals surface area contributed by atoms with Gasteiger partial charge in [-0.15, -0.1) is 11.3 Å². The number of ether oxygens (including phenoxy) is 1. The molecule has 6 heteroatoms. The first-order valence-electron chi connectivity index (χ1n) is 7.42. The quantitative estimate of drug-likeness (QED) is 0.866. The van der Waals surface area contributed by atoms with E-state index in [1.165, 1.54) is 37.7 Å². The molecule has 5 nitrogen and oxygen atoms in total. The van der Waals surface area contributed by atoms with Gasteiger partial charge in [-0.2, -0.15) is 0 Å². The molecule has 0 spiro atoms. The molecule has 2 aliphatic heterocycles. The maximum absolute atomic E-state index is 12.3. The first kappa shape index (κ1) is 14.5. The Balaban J connectivity index is 1.63. The summed E-state index contributed by atoms with van der Waals surface area (Å²) in [5.74, 6) is -0.467. The van der Waals surface area contributed by atoms with Crippen LogP contribution in [0.1, 0.15) is 45.0 Å². The third kappa shape index (κ3) is 2.96. The average Bonchev–Trinajstić information content (AvgIpc) is 3.14. The highest BCUT2D eigenvalue weighted by molar-refractivity contribution is 7.15. The monoisotopic (exact) mass is 308 g/mol. The van der Waals surface area contributed by atoms with Crippen LogP contribution < -0.4 is 5.32 Å². The minimum absolute atomic E-state index is 0.0763. The van der Waals surface area contributed by atoms with Crippen molar-refractivity contribution in [1.29, 1.82) is 0 Å². The van der Waals surface area contributed by atoms with E-state index in [0.29, 0.717) is 15.8 Å². The summed E-state index contributed by atoms with van der Waals surface area (Å²) < 4.78 is 4.67. The van der Waals surface area contributed by atoms with E-state index in [1.54, 1.807) is 12.1 Å². The van der Waals surface area contributed by atoms with E-state index >= 15 is 0 Å². The van der Waals surface area contributed by atoms with Crippen molar-refractivity contribution in [3.05, 3.63) is 21.9 Å². The van der Waals surface area contributed by atoms with E-state index in [1.807, 2.05) is 0 Å². The highest BCUT2D eigenvalue weighted by Gasteiger charge is 2.36. The van der Waals surface area contributed by atoms with Crippen LogP contribution in [0.25, 0.3) is 0 Å². The Kier molecular flexibility index (Phi) is 4.26. The van der Waals surface area contributed by atoms with Crippen LogP contribution in [-0.2, 0) is 4.74 Å². The molecular formula is C15H20N2O3S. The van der Waals surface area contributed by atoms with Gasteiger partial charge in [-0.25, -0.2) is 4.79 Å². The summed E-state index contributed by atoms with van der Waals surface area (Å²) in [6.45, 7) is 2.23. The van der Waals surface area contributed by atoms with Crippen LogP contribution in [0.4, 0.5) is 0 Å². The summed E-state index contributed by atoms with van der Waals surface area (Å²) in [6, 6.07) is 4.07. The normalized spacial score (nSPS) is 25.4. The third-order valence-electron chi connectivity index (χ3n) is 4.39. The van der Waals surface area contributed by atoms with Gasteiger partial charge in [0.15, 0.2) is 0 Å². The van der Waals surface area contributed by atoms with E-state index in [9.17, 15) is 9.59 Å². The van der Waals surface area contributed by atoms with Gasteiger partial charge in [-0.3, -0.25) is 9.69 Å². The molecule has 1 amide bonds. The molecule has 0 aliphatic carbocycles. The van der Waals surface area contributed by atoms with Crippen LogP contribution in [0.2, 0.25) is 0 Å². The summed E-state index contributed by atoms with van der Waals surface area (Å²) >= 11 is 1.19. The highest BCUT2D eigenvalue weighted by atomic mass is 32.1. The van der Waals surface area contributed by atoms with Crippen LogP contribution in [0, 0.1) is 0 Å². The Hall–Kier alpha value is -1.40. The number of hydrogen-bond donors (Lipinski definition) is 1. The second-order valence-electron chi connectivity index (χ2n) is 5.62. The number of piperidine rings is 1. The molecule has 1 aromatic heterocycles. The smallest absolute Gasteiger partial charge is 0.348 e. The number of rotatable bonds is 3. The Bertz CT molecular complexity index is 543. The van der Waals surface area contributed by atoms with Crippen LogP contribution in [0.5, 0.6) is 0 Å². The molecule has 3 heterocycles. The fourth-order valence-corrected chi connectivity index (χ4v) is 4.15. The van der Waals surface area contributed by atoms with E-state index in [2.05, 4.69) is 15.0 Å². The molecule has 0 bridgehead atoms. The van der Waals surface area contributed by atoms with Crippen molar-refractivity contribution in [2.45, 2.75) is 37.8 Å².